The summed E-state index contributed by atoms with van der Waals surface area (Å²) in [5, 5.41) is 0. The molecule has 33 heavy (non-hydrogen) atoms. The van der Waals surface area contributed by atoms with Crippen LogP contribution in [0.1, 0.15) is 30.0 Å². The lowest BCUT2D eigenvalue weighted by Crippen LogP contribution is -2.40. The molecule has 3 heterocycles. The molecule has 1 saturated heterocycles. The number of hydrogen-bond donors (Lipinski definition) is 0. The van der Waals surface area contributed by atoms with Gasteiger partial charge in [0.2, 0.25) is 11.7 Å². The van der Waals surface area contributed by atoms with Crippen molar-refractivity contribution in [3.05, 3.63) is 60.4 Å². The molecular weight excluding hydrogens is 420 g/mol. The molecule has 1 aliphatic heterocycles. The number of likely N-dealkylation sites (tertiary alicyclic amines) is 1. The number of carbonyl (C=O) groups excluding carboxylic acids is 1. The Morgan fingerprint density at radius 2 is 1.79 bits per heavy atom. The van der Waals surface area contributed by atoms with Gasteiger partial charge in [-0.25, -0.2) is 9.97 Å². The first-order valence-electron chi connectivity index (χ1n) is 10.9. The van der Waals surface area contributed by atoms with Crippen molar-refractivity contribution in [2.75, 3.05) is 34.4 Å². The maximum atomic E-state index is 13.2. The molecule has 0 N–H and O–H groups in total. The Balaban J connectivity index is 1.53. The number of piperidine rings is 1. The fraction of sp³-hybridized carbons (Fsp3) is 0.360. The van der Waals surface area contributed by atoms with Gasteiger partial charge in [-0.3, -0.25) is 9.78 Å². The highest BCUT2D eigenvalue weighted by Gasteiger charge is 2.28. The maximum absolute atomic E-state index is 13.2. The lowest BCUT2D eigenvalue weighted by Gasteiger charge is -2.33. The lowest BCUT2D eigenvalue weighted by atomic mass is 9.90. The number of rotatable bonds is 7. The number of hydrogen-bond acceptors (Lipinski definition) is 7. The molecule has 8 nitrogen and oxygen atoms in total. The highest BCUT2D eigenvalue weighted by Crippen LogP contribution is 2.38. The van der Waals surface area contributed by atoms with Crippen molar-refractivity contribution >= 4 is 5.91 Å². The zero-order chi connectivity index (χ0) is 23.2. The molecule has 0 spiro atoms. The molecule has 172 valence electrons. The van der Waals surface area contributed by atoms with E-state index in [0.717, 1.165) is 41.8 Å². The van der Waals surface area contributed by atoms with Crippen molar-refractivity contribution in [3.8, 4) is 28.4 Å². The molecule has 3 aromatic rings. The van der Waals surface area contributed by atoms with Crippen LogP contribution in [0.25, 0.3) is 11.1 Å². The number of amides is 1. The zero-order valence-corrected chi connectivity index (χ0v) is 19.2. The van der Waals surface area contributed by atoms with Crippen LogP contribution >= 0.6 is 0 Å². The second-order valence-corrected chi connectivity index (χ2v) is 7.95. The summed E-state index contributed by atoms with van der Waals surface area (Å²) in [6.07, 6.45) is 9.10. The van der Waals surface area contributed by atoms with Crippen molar-refractivity contribution < 1.29 is 19.0 Å². The van der Waals surface area contributed by atoms with Crippen molar-refractivity contribution in [3.63, 3.8) is 0 Å². The number of nitrogens with zero attached hydrogens (tertiary/aromatic N) is 4. The summed E-state index contributed by atoms with van der Waals surface area (Å²) in [5.74, 6) is 1.81. The summed E-state index contributed by atoms with van der Waals surface area (Å²) in [5.41, 5.74) is 3.81. The Kier molecular flexibility index (Phi) is 7.02. The number of benzene rings is 1. The predicted octanol–water partition coefficient (Wildman–Crippen LogP) is 3.51. The molecule has 1 atom stereocenters. The van der Waals surface area contributed by atoms with Crippen LogP contribution in [0.2, 0.25) is 0 Å². The van der Waals surface area contributed by atoms with Crippen molar-refractivity contribution in [1.82, 2.24) is 19.9 Å². The van der Waals surface area contributed by atoms with E-state index in [-0.39, 0.29) is 18.2 Å². The minimum absolute atomic E-state index is 0.0634. The summed E-state index contributed by atoms with van der Waals surface area (Å²) in [6.45, 7) is 1.35. The number of aromatic nitrogens is 3. The van der Waals surface area contributed by atoms with Gasteiger partial charge < -0.3 is 19.1 Å². The van der Waals surface area contributed by atoms with Gasteiger partial charge in [0.05, 0.1) is 33.4 Å². The highest BCUT2D eigenvalue weighted by atomic mass is 16.5. The third-order valence-electron chi connectivity index (χ3n) is 5.98. The van der Waals surface area contributed by atoms with E-state index in [1.54, 1.807) is 40.1 Å². The maximum Gasteiger partial charge on any atom is 0.227 e. The second-order valence-electron chi connectivity index (χ2n) is 7.95. The molecule has 2 aromatic heterocycles. The predicted molar refractivity (Wildman–Crippen MR) is 124 cm³/mol. The molecule has 1 amide bonds. The SMILES string of the molecule is COc1cc(CC(=O)N2CCC[C@H](c3ncncc3-c3ccncc3)C2)cc(OC)c1OC. The van der Waals surface area contributed by atoms with Crippen molar-refractivity contribution in [2.45, 2.75) is 25.2 Å². The summed E-state index contributed by atoms with van der Waals surface area (Å²) >= 11 is 0. The molecule has 0 aliphatic carbocycles. The lowest BCUT2D eigenvalue weighted by molar-refractivity contribution is -0.131. The van der Waals surface area contributed by atoms with Crippen LogP contribution in [0.4, 0.5) is 0 Å². The number of pyridine rings is 1. The molecule has 8 heteroatoms. The average molecular weight is 449 g/mol. The standard InChI is InChI=1S/C25H28N4O4/c1-31-21-11-17(12-22(32-2)25(21)33-3)13-23(30)29-10-4-5-19(15-29)24-20(14-27-16-28-24)18-6-8-26-9-7-18/h6-9,11-12,14,16,19H,4-5,10,13,15H2,1-3H3/t19-/m0/s1. The van der Waals surface area contributed by atoms with Gasteiger partial charge in [-0.2, -0.15) is 0 Å². The molecule has 4 rings (SSSR count). The van der Waals surface area contributed by atoms with Gasteiger partial charge in [-0.1, -0.05) is 0 Å². The molecule has 1 aliphatic rings. The Labute approximate surface area is 193 Å². The van der Waals surface area contributed by atoms with Crippen LogP contribution < -0.4 is 14.2 Å². The zero-order valence-electron chi connectivity index (χ0n) is 19.2. The van der Waals surface area contributed by atoms with E-state index >= 15 is 0 Å². The van der Waals surface area contributed by atoms with Crippen LogP contribution in [0.15, 0.2) is 49.2 Å². The van der Waals surface area contributed by atoms with E-state index in [0.29, 0.717) is 23.8 Å². The van der Waals surface area contributed by atoms with Crippen LogP contribution in [-0.2, 0) is 11.2 Å². The molecule has 0 bridgehead atoms. The van der Waals surface area contributed by atoms with Gasteiger partial charge in [0.1, 0.15) is 6.33 Å². The number of ether oxygens (including phenoxy) is 3. The van der Waals surface area contributed by atoms with E-state index in [2.05, 4.69) is 15.0 Å². The Morgan fingerprint density at radius 3 is 2.45 bits per heavy atom. The summed E-state index contributed by atoms with van der Waals surface area (Å²) in [4.78, 5) is 28.1. The van der Waals surface area contributed by atoms with Gasteiger partial charge >= 0.3 is 0 Å². The molecule has 1 fully saturated rings. The first-order chi connectivity index (χ1) is 16.1. The van der Waals surface area contributed by atoms with Gasteiger partial charge in [0.25, 0.3) is 0 Å². The van der Waals surface area contributed by atoms with E-state index in [4.69, 9.17) is 14.2 Å². The van der Waals surface area contributed by atoms with Crippen LogP contribution in [0.3, 0.4) is 0 Å². The van der Waals surface area contributed by atoms with Gasteiger partial charge in [-0.05, 0) is 48.2 Å². The quantitative estimate of drug-likeness (QED) is 0.547. The average Bonchev–Trinajstić information content (AvgIpc) is 2.88. The summed E-state index contributed by atoms with van der Waals surface area (Å²) in [7, 11) is 4.70. The van der Waals surface area contributed by atoms with E-state index in [9.17, 15) is 4.79 Å². The first-order valence-corrected chi connectivity index (χ1v) is 10.9. The Morgan fingerprint density at radius 1 is 1.06 bits per heavy atom. The van der Waals surface area contributed by atoms with Gasteiger partial charge in [0, 0.05) is 43.2 Å². The fourth-order valence-electron chi connectivity index (χ4n) is 4.37. The largest absolute Gasteiger partial charge is 0.493 e. The Bertz CT molecular complexity index is 1080. The van der Waals surface area contributed by atoms with Crippen LogP contribution in [0, 0.1) is 0 Å². The monoisotopic (exact) mass is 448 g/mol. The van der Waals surface area contributed by atoms with Crippen LogP contribution in [-0.4, -0.2) is 60.2 Å². The minimum atomic E-state index is 0.0634. The fourth-order valence-corrected chi connectivity index (χ4v) is 4.37. The topological polar surface area (TPSA) is 86.7 Å². The van der Waals surface area contributed by atoms with Crippen molar-refractivity contribution in [2.24, 2.45) is 0 Å². The summed E-state index contributed by atoms with van der Waals surface area (Å²) in [6, 6.07) is 7.57. The Hall–Kier alpha value is -3.68. The summed E-state index contributed by atoms with van der Waals surface area (Å²) < 4.78 is 16.2. The van der Waals surface area contributed by atoms with Gasteiger partial charge in [-0.15, -0.1) is 0 Å². The van der Waals surface area contributed by atoms with E-state index in [1.165, 1.54) is 0 Å². The molecular formula is C25H28N4O4. The second kappa shape index (κ2) is 10.3. The number of methoxy groups -OCH3 is 3. The first kappa shape index (κ1) is 22.5. The smallest absolute Gasteiger partial charge is 0.227 e. The van der Waals surface area contributed by atoms with E-state index in [1.807, 2.05) is 35.4 Å². The highest BCUT2D eigenvalue weighted by molar-refractivity contribution is 5.79. The van der Waals surface area contributed by atoms with Crippen molar-refractivity contribution in [1.29, 1.82) is 0 Å². The normalized spacial score (nSPS) is 15.7. The molecule has 1 aromatic carbocycles. The molecule has 0 radical (unpaired) electrons. The third-order valence-corrected chi connectivity index (χ3v) is 5.98. The minimum Gasteiger partial charge on any atom is -0.493 e. The third kappa shape index (κ3) is 4.89. The van der Waals surface area contributed by atoms with E-state index < -0.39 is 0 Å². The molecule has 0 unspecified atom stereocenters. The number of carbonyl (C=O) groups is 1. The van der Waals surface area contributed by atoms with Gasteiger partial charge in [0.15, 0.2) is 11.5 Å². The van der Waals surface area contributed by atoms with Crippen LogP contribution in [0.5, 0.6) is 17.2 Å². The molecule has 0 saturated carbocycles.